The lowest BCUT2D eigenvalue weighted by molar-refractivity contribution is 0.311. The van der Waals surface area contributed by atoms with E-state index in [-0.39, 0.29) is 6.61 Å². The third-order valence-electron chi connectivity index (χ3n) is 1.35. The third-order valence-corrected chi connectivity index (χ3v) is 1.64. The first-order valence-electron chi connectivity index (χ1n) is 3.50. The molecule has 0 saturated carbocycles. The van der Waals surface area contributed by atoms with Gasteiger partial charge in [0.15, 0.2) is 5.15 Å². The maximum absolute atomic E-state index is 8.54. The highest BCUT2D eigenvalue weighted by Gasteiger charge is 2.03. The van der Waals surface area contributed by atoms with Crippen molar-refractivity contribution in [3.8, 4) is 0 Å². The van der Waals surface area contributed by atoms with Crippen molar-refractivity contribution in [2.45, 2.75) is 0 Å². The summed E-state index contributed by atoms with van der Waals surface area (Å²) < 4.78 is 0. The summed E-state index contributed by atoms with van der Waals surface area (Å²) in [4.78, 5) is 3.83. The van der Waals surface area contributed by atoms with Crippen molar-refractivity contribution in [3.63, 3.8) is 0 Å². The van der Waals surface area contributed by atoms with Crippen LogP contribution in [0.5, 0.6) is 0 Å². The van der Waals surface area contributed by atoms with E-state index in [0.717, 1.165) is 0 Å². The van der Waals surface area contributed by atoms with Crippen LogP contribution in [0.15, 0.2) is 12.3 Å². The van der Waals surface area contributed by atoms with Crippen LogP contribution < -0.4 is 11.1 Å². The molecule has 0 aliphatic carbocycles. The minimum atomic E-state index is 0.0324. The molecule has 0 aliphatic rings. The first-order valence-corrected chi connectivity index (χ1v) is 3.88. The predicted molar refractivity (Wildman–Crippen MR) is 49.2 cm³/mol. The average molecular weight is 188 g/mol. The minimum absolute atomic E-state index is 0.0324. The molecule has 1 heterocycles. The second-order valence-electron chi connectivity index (χ2n) is 2.22. The summed E-state index contributed by atoms with van der Waals surface area (Å²) in [6.45, 7) is 0.445. The molecule has 1 aromatic rings. The lowest BCUT2D eigenvalue weighted by Gasteiger charge is -2.07. The SMILES string of the molecule is Nc1ccnc(Cl)c1NCCO. The van der Waals surface area contributed by atoms with Crippen LogP contribution in [0.3, 0.4) is 0 Å². The summed E-state index contributed by atoms with van der Waals surface area (Å²) in [5.41, 5.74) is 6.70. The van der Waals surface area contributed by atoms with Gasteiger partial charge >= 0.3 is 0 Å². The van der Waals surface area contributed by atoms with Gasteiger partial charge in [-0.25, -0.2) is 4.98 Å². The number of aliphatic hydroxyl groups excluding tert-OH is 1. The highest BCUT2D eigenvalue weighted by molar-refractivity contribution is 6.32. The van der Waals surface area contributed by atoms with E-state index in [1.807, 2.05) is 0 Å². The molecule has 4 nitrogen and oxygen atoms in total. The van der Waals surface area contributed by atoms with Crippen molar-refractivity contribution in [1.82, 2.24) is 4.98 Å². The molecule has 0 atom stereocenters. The van der Waals surface area contributed by atoms with E-state index < -0.39 is 0 Å². The van der Waals surface area contributed by atoms with Crippen molar-refractivity contribution in [2.24, 2.45) is 0 Å². The maximum atomic E-state index is 8.54. The Bertz CT molecular complexity index is 247. The number of anilines is 2. The molecule has 0 bridgehead atoms. The molecular weight excluding hydrogens is 178 g/mol. The quantitative estimate of drug-likeness (QED) is 0.610. The van der Waals surface area contributed by atoms with Gasteiger partial charge in [-0.05, 0) is 6.07 Å². The van der Waals surface area contributed by atoms with Gasteiger partial charge in [-0.15, -0.1) is 0 Å². The van der Waals surface area contributed by atoms with Crippen LogP contribution in [0.2, 0.25) is 5.15 Å². The molecule has 0 saturated heterocycles. The molecule has 5 heteroatoms. The number of hydrogen-bond acceptors (Lipinski definition) is 4. The van der Waals surface area contributed by atoms with E-state index in [1.165, 1.54) is 6.20 Å². The molecule has 0 amide bonds. The van der Waals surface area contributed by atoms with E-state index in [0.29, 0.717) is 23.1 Å². The summed E-state index contributed by atoms with van der Waals surface area (Å²) in [6.07, 6.45) is 1.53. The third kappa shape index (κ3) is 1.99. The molecule has 0 aromatic carbocycles. The Labute approximate surface area is 75.4 Å². The summed E-state index contributed by atoms with van der Waals surface area (Å²) in [5, 5.41) is 11.7. The summed E-state index contributed by atoms with van der Waals surface area (Å²) in [5.74, 6) is 0. The van der Waals surface area contributed by atoms with Crippen molar-refractivity contribution in [2.75, 3.05) is 24.2 Å². The van der Waals surface area contributed by atoms with Gasteiger partial charge in [-0.1, -0.05) is 11.6 Å². The first-order chi connectivity index (χ1) is 5.75. The van der Waals surface area contributed by atoms with Gasteiger partial charge in [-0.3, -0.25) is 0 Å². The topological polar surface area (TPSA) is 71.2 Å². The van der Waals surface area contributed by atoms with E-state index >= 15 is 0 Å². The Morgan fingerprint density at radius 3 is 3.00 bits per heavy atom. The number of pyridine rings is 1. The first kappa shape index (κ1) is 9.09. The van der Waals surface area contributed by atoms with E-state index in [4.69, 9.17) is 22.4 Å². The van der Waals surface area contributed by atoms with E-state index in [1.54, 1.807) is 6.07 Å². The molecule has 1 aromatic heterocycles. The minimum Gasteiger partial charge on any atom is -0.397 e. The number of rotatable bonds is 3. The zero-order chi connectivity index (χ0) is 8.97. The zero-order valence-corrected chi connectivity index (χ0v) is 7.17. The fraction of sp³-hybridized carbons (Fsp3) is 0.286. The zero-order valence-electron chi connectivity index (χ0n) is 6.42. The average Bonchev–Trinajstić information content (AvgIpc) is 2.04. The number of nitrogens with one attached hydrogen (secondary N) is 1. The Hall–Kier alpha value is -1.00. The number of nitrogens with two attached hydrogens (primary N) is 1. The predicted octanol–water partition coefficient (Wildman–Crippen LogP) is 0.721. The largest absolute Gasteiger partial charge is 0.397 e. The summed E-state index contributed by atoms with van der Waals surface area (Å²) in [6, 6.07) is 1.64. The molecule has 4 N–H and O–H groups in total. The standard InChI is InChI=1S/C7H10ClN3O/c8-7-6(10-3-4-12)5(9)1-2-11-7/h1-2,10,12H,3-4H2,(H2,9,11). The Balaban J connectivity index is 2.81. The van der Waals surface area contributed by atoms with Crippen LogP contribution in [-0.4, -0.2) is 23.2 Å². The van der Waals surface area contributed by atoms with Crippen molar-refractivity contribution in [3.05, 3.63) is 17.4 Å². The molecule has 12 heavy (non-hydrogen) atoms. The van der Waals surface area contributed by atoms with Crippen LogP contribution >= 0.6 is 11.6 Å². The highest BCUT2D eigenvalue weighted by Crippen LogP contribution is 2.24. The van der Waals surface area contributed by atoms with Crippen molar-refractivity contribution >= 4 is 23.0 Å². The molecule has 1 rings (SSSR count). The van der Waals surface area contributed by atoms with Gasteiger partial charge in [0.25, 0.3) is 0 Å². The second-order valence-corrected chi connectivity index (χ2v) is 2.57. The molecule has 0 unspecified atom stereocenters. The summed E-state index contributed by atoms with van der Waals surface area (Å²) in [7, 11) is 0. The number of halogens is 1. The van der Waals surface area contributed by atoms with Crippen molar-refractivity contribution < 1.29 is 5.11 Å². The number of nitrogens with zero attached hydrogens (tertiary/aromatic N) is 1. The fourth-order valence-corrected chi connectivity index (χ4v) is 1.04. The van der Waals surface area contributed by atoms with Crippen LogP contribution in [-0.2, 0) is 0 Å². The van der Waals surface area contributed by atoms with Crippen LogP contribution in [0.1, 0.15) is 0 Å². The monoisotopic (exact) mass is 187 g/mol. The molecule has 0 spiro atoms. The molecule has 0 radical (unpaired) electrons. The van der Waals surface area contributed by atoms with Crippen LogP contribution in [0.25, 0.3) is 0 Å². The van der Waals surface area contributed by atoms with Gasteiger partial charge in [0.2, 0.25) is 0 Å². The molecule has 0 fully saturated rings. The van der Waals surface area contributed by atoms with Crippen molar-refractivity contribution in [1.29, 1.82) is 0 Å². The fourth-order valence-electron chi connectivity index (χ4n) is 0.806. The van der Waals surface area contributed by atoms with E-state index in [9.17, 15) is 0 Å². The van der Waals surface area contributed by atoms with Crippen LogP contribution in [0, 0.1) is 0 Å². The number of hydrogen-bond donors (Lipinski definition) is 3. The Morgan fingerprint density at radius 2 is 2.42 bits per heavy atom. The van der Waals surface area contributed by atoms with Gasteiger partial charge in [0.05, 0.1) is 18.0 Å². The Kier molecular flexibility index (Phi) is 3.13. The number of aliphatic hydroxyl groups is 1. The number of nitrogen functional groups attached to an aromatic ring is 1. The normalized spacial score (nSPS) is 9.83. The highest BCUT2D eigenvalue weighted by atomic mass is 35.5. The second kappa shape index (κ2) is 4.13. The molecular formula is C7H10ClN3O. The van der Waals surface area contributed by atoms with Gasteiger partial charge < -0.3 is 16.2 Å². The molecule has 0 aliphatic heterocycles. The molecule has 66 valence electrons. The van der Waals surface area contributed by atoms with Gasteiger partial charge in [-0.2, -0.15) is 0 Å². The lowest BCUT2D eigenvalue weighted by atomic mass is 10.3. The maximum Gasteiger partial charge on any atom is 0.154 e. The summed E-state index contributed by atoms with van der Waals surface area (Å²) >= 11 is 5.73. The Morgan fingerprint density at radius 1 is 1.67 bits per heavy atom. The smallest absolute Gasteiger partial charge is 0.154 e. The number of aromatic nitrogens is 1. The van der Waals surface area contributed by atoms with Gasteiger partial charge in [0, 0.05) is 12.7 Å². The van der Waals surface area contributed by atoms with E-state index in [2.05, 4.69) is 10.3 Å². The van der Waals surface area contributed by atoms with Gasteiger partial charge in [0.1, 0.15) is 0 Å². The lowest BCUT2D eigenvalue weighted by Crippen LogP contribution is -2.08. The van der Waals surface area contributed by atoms with Crippen LogP contribution in [0.4, 0.5) is 11.4 Å².